The Morgan fingerprint density at radius 2 is 1.37 bits per heavy atom. The molecule has 0 bridgehead atoms. The lowest BCUT2D eigenvalue weighted by atomic mass is 10.1. The van der Waals surface area contributed by atoms with Crippen molar-refractivity contribution < 1.29 is 13.6 Å². The number of hydrogen-bond donors (Lipinski definition) is 4. The highest BCUT2D eigenvalue weighted by Crippen LogP contribution is 2.18. The van der Waals surface area contributed by atoms with Gasteiger partial charge in [-0.25, -0.2) is 8.78 Å². The Morgan fingerprint density at radius 1 is 0.815 bits per heavy atom. The Morgan fingerprint density at radius 3 is 1.96 bits per heavy atom. The molecule has 0 saturated heterocycles. The highest BCUT2D eigenvalue weighted by atomic mass is 19.1. The van der Waals surface area contributed by atoms with Crippen LogP contribution in [0.3, 0.4) is 0 Å². The second-order valence-corrected chi connectivity index (χ2v) is 5.98. The Balaban J connectivity index is 1.61. The largest absolute Gasteiger partial charge is 0.396 e. The molecule has 138 valence electrons. The molecule has 3 aromatic rings. The highest BCUT2D eigenvalue weighted by Gasteiger charge is 2.08. The third kappa shape index (κ3) is 4.52. The van der Waals surface area contributed by atoms with Crippen LogP contribution >= 0.6 is 0 Å². The molecule has 5 nitrogen and oxygen atoms in total. The Kier molecular flexibility index (Phi) is 5.21. The van der Waals surface area contributed by atoms with E-state index in [1.807, 2.05) is 0 Å². The zero-order chi connectivity index (χ0) is 19.4. The maximum absolute atomic E-state index is 13.4. The van der Waals surface area contributed by atoms with Crippen LogP contribution in [-0.2, 0) is 6.54 Å². The third-order valence-corrected chi connectivity index (χ3v) is 3.97. The fraction of sp³-hybridized carbons (Fsp3) is 0.0500. The smallest absolute Gasteiger partial charge is 0.255 e. The number of nitrogen functional groups attached to an aromatic ring is 2. The molecule has 3 aromatic carbocycles. The van der Waals surface area contributed by atoms with Crippen LogP contribution in [-0.4, -0.2) is 5.91 Å². The number of amides is 1. The van der Waals surface area contributed by atoms with Crippen LogP contribution in [0.1, 0.15) is 15.9 Å². The Hall–Kier alpha value is -3.61. The van der Waals surface area contributed by atoms with Crippen LogP contribution in [0.4, 0.5) is 31.5 Å². The van der Waals surface area contributed by atoms with Gasteiger partial charge in [-0.1, -0.05) is 12.1 Å². The zero-order valence-electron chi connectivity index (χ0n) is 14.3. The summed E-state index contributed by atoms with van der Waals surface area (Å²) < 4.78 is 26.9. The van der Waals surface area contributed by atoms with E-state index >= 15 is 0 Å². The monoisotopic (exact) mass is 368 g/mol. The summed E-state index contributed by atoms with van der Waals surface area (Å²) in [4.78, 5) is 12.2. The number of nitrogens with one attached hydrogen (secondary N) is 2. The summed E-state index contributed by atoms with van der Waals surface area (Å²) in [5.74, 6) is -1.43. The first-order chi connectivity index (χ1) is 12.9. The predicted molar refractivity (Wildman–Crippen MR) is 103 cm³/mol. The molecule has 0 aromatic heterocycles. The number of hydrogen-bond acceptors (Lipinski definition) is 4. The molecular weight excluding hydrogens is 350 g/mol. The Labute approximate surface area is 155 Å². The van der Waals surface area contributed by atoms with Gasteiger partial charge in [0.1, 0.15) is 11.6 Å². The summed E-state index contributed by atoms with van der Waals surface area (Å²) >= 11 is 0. The van der Waals surface area contributed by atoms with Crippen molar-refractivity contribution >= 4 is 28.7 Å². The van der Waals surface area contributed by atoms with Crippen LogP contribution < -0.4 is 22.1 Å². The number of carbonyl (C=O) groups excluding carboxylic acids is 1. The minimum Gasteiger partial charge on any atom is -0.396 e. The molecule has 0 aliphatic heterocycles. The van der Waals surface area contributed by atoms with E-state index in [4.69, 9.17) is 11.5 Å². The molecule has 0 aliphatic carbocycles. The van der Waals surface area contributed by atoms with Gasteiger partial charge in [-0.2, -0.15) is 0 Å². The van der Waals surface area contributed by atoms with Crippen LogP contribution in [0.15, 0.2) is 60.7 Å². The number of benzene rings is 3. The molecule has 0 heterocycles. The van der Waals surface area contributed by atoms with Gasteiger partial charge in [0.05, 0.1) is 11.4 Å². The first kappa shape index (κ1) is 18.2. The molecule has 0 saturated carbocycles. The number of nitrogens with two attached hydrogens (primary N) is 2. The molecule has 27 heavy (non-hydrogen) atoms. The molecule has 6 N–H and O–H groups in total. The fourth-order valence-corrected chi connectivity index (χ4v) is 2.42. The summed E-state index contributed by atoms with van der Waals surface area (Å²) in [6.45, 7) is 0.453. The van der Waals surface area contributed by atoms with Gasteiger partial charge in [0.15, 0.2) is 0 Å². The number of carbonyl (C=O) groups is 1. The number of anilines is 4. The maximum atomic E-state index is 13.4. The topological polar surface area (TPSA) is 93.2 Å². The van der Waals surface area contributed by atoms with Crippen molar-refractivity contribution in [2.24, 2.45) is 0 Å². The van der Waals surface area contributed by atoms with E-state index in [0.717, 1.165) is 11.6 Å². The first-order valence-corrected chi connectivity index (χ1v) is 8.16. The minimum absolute atomic E-state index is 0.0193. The van der Waals surface area contributed by atoms with Crippen LogP contribution in [0, 0.1) is 11.6 Å². The van der Waals surface area contributed by atoms with Crippen molar-refractivity contribution in [1.29, 1.82) is 0 Å². The molecule has 0 atom stereocenters. The molecular formula is C20H18F2N4O. The molecule has 0 spiro atoms. The summed E-state index contributed by atoms with van der Waals surface area (Å²) in [5.41, 5.74) is 13.2. The summed E-state index contributed by atoms with van der Waals surface area (Å²) in [7, 11) is 0. The zero-order valence-corrected chi connectivity index (χ0v) is 14.3. The average Bonchev–Trinajstić information content (AvgIpc) is 2.66. The van der Waals surface area contributed by atoms with E-state index in [9.17, 15) is 13.6 Å². The van der Waals surface area contributed by atoms with Crippen molar-refractivity contribution in [3.05, 3.63) is 83.4 Å². The average molecular weight is 368 g/mol. The number of rotatable bonds is 5. The highest BCUT2D eigenvalue weighted by molar-refractivity contribution is 6.04. The van der Waals surface area contributed by atoms with Gasteiger partial charge < -0.3 is 22.1 Å². The second-order valence-electron chi connectivity index (χ2n) is 5.98. The molecule has 0 fully saturated rings. The van der Waals surface area contributed by atoms with Gasteiger partial charge in [-0.05, 0) is 54.1 Å². The van der Waals surface area contributed by atoms with Gasteiger partial charge >= 0.3 is 0 Å². The van der Waals surface area contributed by atoms with Gasteiger partial charge in [-0.15, -0.1) is 0 Å². The second kappa shape index (κ2) is 7.74. The maximum Gasteiger partial charge on any atom is 0.255 e. The van der Waals surface area contributed by atoms with E-state index < -0.39 is 11.6 Å². The lowest BCUT2D eigenvalue weighted by Gasteiger charge is -2.09. The van der Waals surface area contributed by atoms with Crippen LogP contribution in [0.25, 0.3) is 0 Å². The van der Waals surface area contributed by atoms with Crippen molar-refractivity contribution in [1.82, 2.24) is 0 Å². The molecule has 7 heteroatoms. The summed E-state index contributed by atoms with van der Waals surface area (Å²) in [5, 5.41) is 5.69. The minimum atomic E-state index is -0.590. The van der Waals surface area contributed by atoms with Crippen LogP contribution in [0.5, 0.6) is 0 Å². The molecule has 0 radical (unpaired) electrons. The fourth-order valence-electron chi connectivity index (χ4n) is 2.42. The van der Waals surface area contributed by atoms with Crippen molar-refractivity contribution in [2.75, 3.05) is 22.1 Å². The van der Waals surface area contributed by atoms with Gasteiger partial charge in [0.25, 0.3) is 5.91 Å². The quantitative estimate of drug-likeness (QED) is 0.512. The lowest BCUT2D eigenvalue weighted by molar-refractivity contribution is 0.102. The van der Waals surface area contributed by atoms with E-state index in [1.165, 1.54) is 24.3 Å². The van der Waals surface area contributed by atoms with E-state index in [0.29, 0.717) is 23.5 Å². The van der Waals surface area contributed by atoms with Crippen molar-refractivity contribution in [3.8, 4) is 0 Å². The normalized spacial score (nSPS) is 10.4. The molecule has 3 rings (SSSR count). The molecule has 0 aliphatic rings. The SMILES string of the molecule is Nc1ccc(NCc2ccc(C(=O)Nc3ccc(N)c(F)c3)cc2)cc1F. The molecule has 0 unspecified atom stereocenters. The van der Waals surface area contributed by atoms with Crippen molar-refractivity contribution in [2.45, 2.75) is 6.54 Å². The van der Waals surface area contributed by atoms with Gasteiger partial charge in [0, 0.05) is 23.5 Å². The van der Waals surface area contributed by atoms with Gasteiger partial charge in [0.2, 0.25) is 0 Å². The predicted octanol–water partition coefficient (Wildman–Crippen LogP) is 3.99. The van der Waals surface area contributed by atoms with Crippen LogP contribution in [0.2, 0.25) is 0 Å². The summed E-state index contributed by atoms with van der Waals surface area (Å²) in [6.07, 6.45) is 0. The third-order valence-electron chi connectivity index (χ3n) is 3.97. The van der Waals surface area contributed by atoms with E-state index in [2.05, 4.69) is 10.6 Å². The lowest BCUT2D eigenvalue weighted by Crippen LogP contribution is -2.12. The first-order valence-electron chi connectivity index (χ1n) is 8.16. The Bertz CT molecular complexity index is 974. The number of halogens is 2. The van der Waals surface area contributed by atoms with E-state index in [1.54, 1.807) is 30.3 Å². The summed E-state index contributed by atoms with van der Waals surface area (Å²) in [6, 6.07) is 15.4. The standard InChI is InChI=1S/C20H18F2N4O/c21-16-9-14(5-7-18(16)23)25-11-12-1-3-13(4-2-12)20(27)26-15-6-8-19(24)17(22)10-15/h1-10,25H,11,23-24H2,(H,26,27). The van der Waals surface area contributed by atoms with Gasteiger partial charge in [-0.3, -0.25) is 4.79 Å². The van der Waals surface area contributed by atoms with Crippen molar-refractivity contribution in [3.63, 3.8) is 0 Å². The molecule has 1 amide bonds. The van der Waals surface area contributed by atoms with E-state index in [-0.39, 0.29) is 17.3 Å².